The Bertz CT molecular complexity index is 1070. The number of rotatable bonds is 5. The Kier molecular flexibility index (Phi) is 4.60. The van der Waals surface area contributed by atoms with E-state index in [4.69, 9.17) is 20.8 Å². The quantitative estimate of drug-likeness (QED) is 0.522. The zero-order chi connectivity index (χ0) is 18.8. The summed E-state index contributed by atoms with van der Waals surface area (Å²) in [5, 5.41) is 17.3. The van der Waals surface area contributed by atoms with Crippen molar-refractivity contribution in [2.45, 2.75) is 13.3 Å². The van der Waals surface area contributed by atoms with Crippen LogP contribution < -0.4 is 4.74 Å². The topological polar surface area (TPSA) is 78.9 Å². The van der Waals surface area contributed by atoms with Crippen molar-refractivity contribution in [3.8, 4) is 23.0 Å². The second-order valence-electron chi connectivity index (χ2n) is 5.94. The summed E-state index contributed by atoms with van der Waals surface area (Å²) < 4.78 is 12.8. The molecular formula is C19H16ClN5O2. The Balaban J connectivity index is 1.60. The van der Waals surface area contributed by atoms with E-state index >= 15 is 0 Å². The molecule has 8 heteroatoms. The first-order valence-electron chi connectivity index (χ1n) is 8.28. The van der Waals surface area contributed by atoms with Gasteiger partial charge in [0.25, 0.3) is 5.89 Å². The molecule has 136 valence electrons. The molecule has 2 heterocycles. The fourth-order valence-electron chi connectivity index (χ4n) is 2.71. The van der Waals surface area contributed by atoms with Crippen LogP contribution in [0.3, 0.4) is 0 Å². The number of methoxy groups -OCH3 is 1. The summed E-state index contributed by atoms with van der Waals surface area (Å²) in [5.74, 6) is 1.58. The van der Waals surface area contributed by atoms with Crippen LogP contribution in [0.4, 0.5) is 0 Å². The van der Waals surface area contributed by atoms with E-state index in [9.17, 15) is 0 Å². The number of benzene rings is 2. The van der Waals surface area contributed by atoms with Gasteiger partial charge in [0.15, 0.2) is 5.69 Å². The molecule has 0 N–H and O–H groups in total. The summed E-state index contributed by atoms with van der Waals surface area (Å²) in [4.78, 5) is 0. The van der Waals surface area contributed by atoms with E-state index in [-0.39, 0.29) is 0 Å². The van der Waals surface area contributed by atoms with E-state index in [1.165, 1.54) is 0 Å². The lowest BCUT2D eigenvalue weighted by Crippen LogP contribution is -1.99. The standard InChI is InChI=1S/C19H16ClN5O2/c1-12-18(22-24-25(12)15-4-3-5-16(11-15)26-2)19-23-21-17(27-19)10-13-6-8-14(20)9-7-13/h3-9,11H,10H2,1-2H3. The first-order valence-corrected chi connectivity index (χ1v) is 8.66. The van der Waals surface area contributed by atoms with Gasteiger partial charge in [-0.3, -0.25) is 0 Å². The molecule has 4 rings (SSSR count). The van der Waals surface area contributed by atoms with Crippen LogP contribution in [0.25, 0.3) is 17.3 Å². The van der Waals surface area contributed by atoms with E-state index in [2.05, 4.69) is 20.5 Å². The van der Waals surface area contributed by atoms with Crippen LogP contribution in [-0.2, 0) is 6.42 Å². The molecule has 0 aliphatic rings. The second kappa shape index (κ2) is 7.20. The van der Waals surface area contributed by atoms with Crippen molar-refractivity contribution in [2.75, 3.05) is 7.11 Å². The Morgan fingerprint density at radius 1 is 1.07 bits per heavy atom. The summed E-state index contributed by atoms with van der Waals surface area (Å²) in [6, 6.07) is 15.1. The summed E-state index contributed by atoms with van der Waals surface area (Å²) in [5.41, 5.74) is 3.22. The van der Waals surface area contributed by atoms with Crippen LogP contribution in [0.5, 0.6) is 5.75 Å². The average Bonchev–Trinajstić information content (AvgIpc) is 3.30. The van der Waals surface area contributed by atoms with Crippen LogP contribution >= 0.6 is 11.6 Å². The van der Waals surface area contributed by atoms with Crippen molar-refractivity contribution < 1.29 is 9.15 Å². The SMILES string of the molecule is COc1cccc(-n2nnc(-c3nnc(Cc4ccc(Cl)cc4)o3)c2C)c1. The van der Waals surface area contributed by atoms with Crippen molar-refractivity contribution in [1.82, 2.24) is 25.2 Å². The highest BCUT2D eigenvalue weighted by Crippen LogP contribution is 2.24. The molecule has 2 aromatic heterocycles. The van der Waals surface area contributed by atoms with E-state index in [0.29, 0.717) is 28.9 Å². The van der Waals surface area contributed by atoms with Gasteiger partial charge in [0.2, 0.25) is 5.89 Å². The molecule has 0 radical (unpaired) electrons. The minimum atomic E-state index is 0.339. The molecule has 0 fully saturated rings. The molecule has 0 spiro atoms. The van der Waals surface area contributed by atoms with E-state index in [1.54, 1.807) is 11.8 Å². The number of hydrogen-bond donors (Lipinski definition) is 0. The summed E-state index contributed by atoms with van der Waals surface area (Å²) in [6.07, 6.45) is 0.521. The monoisotopic (exact) mass is 381 g/mol. The number of halogens is 1. The molecule has 2 aromatic carbocycles. The van der Waals surface area contributed by atoms with Gasteiger partial charge < -0.3 is 9.15 Å². The zero-order valence-corrected chi connectivity index (χ0v) is 15.5. The maximum atomic E-state index is 5.91. The Morgan fingerprint density at radius 3 is 2.67 bits per heavy atom. The zero-order valence-electron chi connectivity index (χ0n) is 14.8. The Hall–Kier alpha value is -3.19. The molecule has 7 nitrogen and oxygen atoms in total. The minimum absolute atomic E-state index is 0.339. The summed E-state index contributed by atoms with van der Waals surface area (Å²) in [6.45, 7) is 1.90. The van der Waals surface area contributed by atoms with Crippen LogP contribution in [0, 0.1) is 6.92 Å². The van der Waals surface area contributed by atoms with Crippen LogP contribution in [-0.4, -0.2) is 32.3 Å². The van der Waals surface area contributed by atoms with Gasteiger partial charge in [-0.05, 0) is 36.8 Å². The largest absolute Gasteiger partial charge is 0.497 e. The predicted molar refractivity (Wildman–Crippen MR) is 100 cm³/mol. The maximum Gasteiger partial charge on any atom is 0.270 e. The molecular weight excluding hydrogens is 366 g/mol. The summed E-state index contributed by atoms with van der Waals surface area (Å²) >= 11 is 5.91. The minimum Gasteiger partial charge on any atom is -0.497 e. The van der Waals surface area contributed by atoms with Crippen molar-refractivity contribution >= 4 is 11.6 Å². The average molecular weight is 382 g/mol. The molecule has 27 heavy (non-hydrogen) atoms. The van der Waals surface area contributed by atoms with Gasteiger partial charge in [0, 0.05) is 11.1 Å². The molecule has 0 aliphatic heterocycles. The van der Waals surface area contributed by atoms with Crippen molar-refractivity contribution in [3.05, 3.63) is 70.7 Å². The molecule has 0 bridgehead atoms. The lowest BCUT2D eigenvalue weighted by Gasteiger charge is -2.05. The fourth-order valence-corrected chi connectivity index (χ4v) is 2.84. The van der Waals surface area contributed by atoms with Gasteiger partial charge in [-0.2, -0.15) is 0 Å². The van der Waals surface area contributed by atoms with Crippen LogP contribution in [0.15, 0.2) is 52.9 Å². The number of nitrogens with zero attached hydrogens (tertiary/aromatic N) is 5. The third kappa shape index (κ3) is 3.54. The number of hydrogen-bond acceptors (Lipinski definition) is 6. The third-order valence-electron chi connectivity index (χ3n) is 4.13. The van der Waals surface area contributed by atoms with Gasteiger partial charge in [0.1, 0.15) is 5.75 Å². The van der Waals surface area contributed by atoms with Gasteiger partial charge >= 0.3 is 0 Å². The molecule has 4 aromatic rings. The second-order valence-corrected chi connectivity index (χ2v) is 6.38. The third-order valence-corrected chi connectivity index (χ3v) is 4.38. The van der Waals surface area contributed by atoms with Crippen LogP contribution in [0.1, 0.15) is 17.1 Å². The van der Waals surface area contributed by atoms with Gasteiger partial charge in [0.05, 0.1) is 24.9 Å². The number of aromatic nitrogens is 5. The molecule has 0 saturated carbocycles. The predicted octanol–water partition coefficient (Wildman–Crippen LogP) is 3.88. The van der Waals surface area contributed by atoms with Crippen molar-refractivity contribution in [1.29, 1.82) is 0 Å². The lowest BCUT2D eigenvalue weighted by molar-refractivity contribution is 0.414. The normalized spacial score (nSPS) is 10.9. The Labute approximate surface area is 160 Å². The van der Waals surface area contributed by atoms with Gasteiger partial charge in [-0.15, -0.1) is 15.3 Å². The van der Waals surface area contributed by atoms with E-state index < -0.39 is 0 Å². The highest BCUT2D eigenvalue weighted by Gasteiger charge is 2.18. The van der Waals surface area contributed by atoms with E-state index in [0.717, 1.165) is 22.7 Å². The summed E-state index contributed by atoms with van der Waals surface area (Å²) in [7, 11) is 1.62. The Morgan fingerprint density at radius 2 is 1.89 bits per heavy atom. The van der Waals surface area contributed by atoms with Crippen LogP contribution in [0.2, 0.25) is 5.02 Å². The van der Waals surface area contributed by atoms with Gasteiger partial charge in [-0.1, -0.05) is 35.0 Å². The van der Waals surface area contributed by atoms with Gasteiger partial charge in [-0.25, -0.2) is 4.68 Å². The first-order chi connectivity index (χ1) is 13.1. The first kappa shape index (κ1) is 17.2. The smallest absolute Gasteiger partial charge is 0.270 e. The highest BCUT2D eigenvalue weighted by atomic mass is 35.5. The molecule has 0 amide bonds. The van der Waals surface area contributed by atoms with Crippen molar-refractivity contribution in [2.24, 2.45) is 0 Å². The maximum absolute atomic E-state index is 5.91. The van der Waals surface area contributed by atoms with E-state index in [1.807, 2.05) is 55.5 Å². The highest BCUT2D eigenvalue weighted by molar-refractivity contribution is 6.30. The lowest BCUT2D eigenvalue weighted by atomic mass is 10.1. The molecule has 0 saturated heterocycles. The molecule has 0 aliphatic carbocycles. The molecule has 0 unspecified atom stereocenters. The number of ether oxygens (including phenoxy) is 1. The fraction of sp³-hybridized carbons (Fsp3) is 0.158. The molecule has 0 atom stereocenters. The van der Waals surface area contributed by atoms with Crippen molar-refractivity contribution in [3.63, 3.8) is 0 Å².